The van der Waals surface area contributed by atoms with Crippen molar-refractivity contribution in [3.63, 3.8) is 0 Å². The number of hydrogen-bond acceptors (Lipinski definition) is 7. The number of benzene rings is 2. The summed E-state index contributed by atoms with van der Waals surface area (Å²) in [5.41, 5.74) is 3.55. The maximum Gasteiger partial charge on any atom is 0.404 e. The van der Waals surface area contributed by atoms with E-state index in [1.165, 1.54) is 6.33 Å². The van der Waals surface area contributed by atoms with Crippen LogP contribution in [0.2, 0.25) is 5.02 Å². The monoisotopic (exact) mass is 478 g/mol. The number of carbonyl (C=O) groups is 1. The van der Waals surface area contributed by atoms with Gasteiger partial charge in [-0.2, -0.15) is 0 Å². The van der Waals surface area contributed by atoms with Crippen LogP contribution < -0.4 is 15.4 Å². The number of aryl methyl sites for hydroxylation is 1. The van der Waals surface area contributed by atoms with E-state index in [0.29, 0.717) is 40.2 Å². The van der Waals surface area contributed by atoms with Gasteiger partial charge in [0.05, 0.1) is 21.6 Å². The number of ether oxygens (including phenoxy) is 1. The average molecular weight is 479 g/mol. The molecule has 0 saturated carbocycles. The van der Waals surface area contributed by atoms with Crippen LogP contribution in [0.4, 0.5) is 16.3 Å². The van der Waals surface area contributed by atoms with Gasteiger partial charge in [-0.3, -0.25) is 0 Å². The summed E-state index contributed by atoms with van der Waals surface area (Å²) in [6.45, 7) is 2.53. The molecule has 0 aliphatic heterocycles. The van der Waals surface area contributed by atoms with E-state index in [0.717, 1.165) is 22.1 Å². The van der Waals surface area contributed by atoms with Gasteiger partial charge in [0.1, 0.15) is 23.3 Å². The Hall–Kier alpha value is -4.31. The molecule has 5 aromatic rings. The molecule has 0 fully saturated rings. The zero-order chi connectivity index (χ0) is 23.7. The van der Waals surface area contributed by atoms with Crippen molar-refractivity contribution in [3.05, 3.63) is 65.7 Å². The molecule has 5 rings (SSSR count). The van der Waals surface area contributed by atoms with Gasteiger partial charge in [0, 0.05) is 25.0 Å². The molecule has 10 nitrogen and oxygen atoms in total. The quantitative estimate of drug-likeness (QED) is 0.286. The second kappa shape index (κ2) is 8.91. The number of aromatic nitrogens is 4. The number of anilines is 2. The summed E-state index contributed by atoms with van der Waals surface area (Å²) in [6.07, 6.45) is 2.23. The van der Waals surface area contributed by atoms with E-state index in [2.05, 4.69) is 25.8 Å². The van der Waals surface area contributed by atoms with Gasteiger partial charge < -0.3 is 29.6 Å². The summed E-state index contributed by atoms with van der Waals surface area (Å²) < 4.78 is 13.2. The second-order valence-corrected chi connectivity index (χ2v) is 7.87. The van der Waals surface area contributed by atoms with E-state index in [1.54, 1.807) is 12.1 Å². The second-order valence-electron chi connectivity index (χ2n) is 7.47. The summed E-state index contributed by atoms with van der Waals surface area (Å²) in [6, 6.07) is 12.7. The molecule has 2 aromatic carbocycles. The van der Waals surface area contributed by atoms with Crippen molar-refractivity contribution in [1.29, 1.82) is 0 Å². The van der Waals surface area contributed by atoms with Gasteiger partial charge in [0.15, 0.2) is 11.4 Å². The number of amides is 1. The summed E-state index contributed by atoms with van der Waals surface area (Å²) in [4.78, 5) is 19.4. The first-order valence-corrected chi connectivity index (χ1v) is 10.7. The summed E-state index contributed by atoms with van der Waals surface area (Å²) in [5, 5.41) is 19.6. The third kappa shape index (κ3) is 4.18. The normalized spacial score (nSPS) is 11.1. The number of halogens is 1. The lowest BCUT2D eigenvalue weighted by molar-refractivity contribution is 0.194. The highest BCUT2D eigenvalue weighted by atomic mass is 35.5. The number of hydrogen-bond donors (Lipinski definition) is 3. The molecule has 0 bridgehead atoms. The van der Waals surface area contributed by atoms with E-state index in [1.807, 2.05) is 48.0 Å². The van der Waals surface area contributed by atoms with E-state index in [-0.39, 0.29) is 6.54 Å². The van der Waals surface area contributed by atoms with E-state index < -0.39 is 6.09 Å². The highest BCUT2D eigenvalue weighted by Gasteiger charge is 2.14. The van der Waals surface area contributed by atoms with E-state index in [9.17, 15) is 4.79 Å². The van der Waals surface area contributed by atoms with Gasteiger partial charge in [0.2, 0.25) is 0 Å². The maximum absolute atomic E-state index is 10.8. The van der Waals surface area contributed by atoms with Crippen LogP contribution in [0.1, 0.15) is 5.69 Å². The molecular weight excluding hydrogens is 460 g/mol. The minimum absolute atomic E-state index is 0.254. The van der Waals surface area contributed by atoms with Gasteiger partial charge in [-0.05, 0) is 43.3 Å². The van der Waals surface area contributed by atoms with Crippen molar-refractivity contribution in [2.75, 3.05) is 11.9 Å². The maximum atomic E-state index is 10.8. The van der Waals surface area contributed by atoms with Crippen LogP contribution in [0.25, 0.3) is 22.0 Å². The number of nitrogens with zero attached hydrogens (tertiary/aromatic N) is 4. The Morgan fingerprint density at radius 2 is 2.09 bits per heavy atom. The van der Waals surface area contributed by atoms with Crippen LogP contribution in [0.3, 0.4) is 0 Å². The molecule has 0 saturated heterocycles. The highest BCUT2D eigenvalue weighted by molar-refractivity contribution is 6.32. The molecule has 3 aromatic heterocycles. The predicted octanol–water partition coefficient (Wildman–Crippen LogP) is 5.34. The Balaban J connectivity index is 1.39. The summed E-state index contributed by atoms with van der Waals surface area (Å²) in [7, 11) is 0. The molecular formula is C23H19ClN6O4. The lowest BCUT2D eigenvalue weighted by Crippen LogP contribution is -2.25. The third-order valence-corrected chi connectivity index (χ3v) is 5.52. The van der Waals surface area contributed by atoms with E-state index in [4.69, 9.17) is 26.0 Å². The molecule has 3 heterocycles. The Morgan fingerprint density at radius 1 is 1.21 bits per heavy atom. The van der Waals surface area contributed by atoms with Crippen LogP contribution in [-0.4, -0.2) is 37.4 Å². The zero-order valence-corrected chi connectivity index (χ0v) is 18.7. The summed E-state index contributed by atoms with van der Waals surface area (Å²) >= 11 is 6.53. The van der Waals surface area contributed by atoms with Crippen molar-refractivity contribution < 1.29 is 19.2 Å². The molecule has 34 heavy (non-hydrogen) atoms. The molecule has 11 heteroatoms. The third-order valence-electron chi connectivity index (χ3n) is 5.22. The van der Waals surface area contributed by atoms with Crippen LogP contribution in [0.15, 0.2) is 59.5 Å². The fourth-order valence-corrected chi connectivity index (χ4v) is 3.92. The fourth-order valence-electron chi connectivity index (χ4n) is 3.70. The van der Waals surface area contributed by atoms with Crippen LogP contribution >= 0.6 is 11.6 Å². The van der Waals surface area contributed by atoms with E-state index >= 15 is 0 Å². The van der Waals surface area contributed by atoms with Crippen molar-refractivity contribution >= 4 is 51.2 Å². The van der Waals surface area contributed by atoms with Gasteiger partial charge in [0.25, 0.3) is 0 Å². The summed E-state index contributed by atoms with van der Waals surface area (Å²) in [5.74, 6) is 1.65. The smallest absolute Gasteiger partial charge is 0.404 e. The number of nitrogens with one attached hydrogen (secondary N) is 2. The first-order chi connectivity index (χ1) is 16.5. The molecule has 1 amide bonds. The molecule has 0 aliphatic rings. The number of fused-ring (bicyclic) bond motifs is 2. The van der Waals surface area contributed by atoms with Gasteiger partial charge in [-0.25, -0.2) is 14.8 Å². The largest absolute Gasteiger partial charge is 0.465 e. The molecule has 0 aliphatic carbocycles. The molecule has 0 spiro atoms. The minimum atomic E-state index is -1.07. The molecule has 0 atom stereocenters. The first kappa shape index (κ1) is 21.5. The Labute approximate surface area is 198 Å². The number of rotatable bonds is 7. The Morgan fingerprint density at radius 3 is 2.91 bits per heavy atom. The van der Waals surface area contributed by atoms with Gasteiger partial charge >= 0.3 is 6.09 Å². The van der Waals surface area contributed by atoms with Gasteiger partial charge in [-0.15, -0.1) is 0 Å². The molecule has 172 valence electrons. The average Bonchev–Trinajstić information content (AvgIpc) is 3.40. The predicted molar refractivity (Wildman–Crippen MR) is 127 cm³/mol. The van der Waals surface area contributed by atoms with Crippen molar-refractivity contribution in [2.45, 2.75) is 13.5 Å². The highest BCUT2D eigenvalue weighted by Crippen LogP contribution is 2.37. The van der Waals surface area contributed by atoms with Crippen LogP contribution in [-0.2, 0) is 6.54 Å². The minimum Gasteiger partial charge on any atom is -0.465 e. The molecule has 0 unspecified atom stereocenters. The first-order valence-electron chi connectivity index (χ1n) is 10.4. The van der Waals surface area contributed by atoms with Crippen LogP contribution in [0.5, 0.6) is 11.5 Å². The van der Waals surface area contributed by atoms with Crippen molar-refractivity contribution in [1.82, 2.24) is 25.0 Å². The standard InChI is InChI=1S/C23H19ClN6O4/c1-13-20-18(3-2-4-19(20)34-29-13)33-17-6-5-14(11-15(17)24)28-22-21-16(26-12-27-22)7-9-30(21)10-8-25-23(31)32/h2-7,9,11-12,25H,8,10H2,1H3,(H,31,32)(H,26,27,28). The lowest BCUT2D eigenvalue weighted by atomic mass is 10.2. The van der Waals surface area contributed by atoms with Crippen LogP contribution in [0, 0.1) is 6.92 Å². The van der Waals surface area contributed by atoms with Gasteiger partial charge in [-0.1, -0.05) is 22.8 Å². The Bertz CT molecular complexity index is 1510. The van der Waals surface area contributed by atoms with Crippen molar-refractivity contribution in [2.24, 2.45) is 0 Å². The lowest BCUT2D eigenvalue weighted by Gasteiger charge is -2.13. The van der Waals surface area contributed by atoms with Crippen molar-refractivity contribution in [3.8, 4) is 11.5 Å². The Kier molecular flexibility index (Phi) is 5.64. The molecule has 3 N–H and O–H groups in total. The fraction of sp³-hybridized carbons (Fsp3) is 0.130. The number of carboxylic acid groups (broad SMARTS) is 1. The molecule has 0 radical (unpaired) electrons. The topological polar surface area (TPSA) is 127 Å². The zero-order valence-electron chi connectivity index (χ0n) is 17.9. The SMILES string of the molecule is Cc1noc2cccc(Oc3ccc(Nc4ncnc5ccn(CCNC(=O)O)c45)cc3Cl)c12.